The third-order valence-corrected chi connectivity index (χ3v) is 11.0. The average Bonchev–Trinajstić information content (AvgIpc) is 3.38. The van der Waals surface area contributed by atoms with E-state index >= 15 is 0 Å². The molecule has 6 rings (SSSR count). The van der Waals surface area contributed by atoms with Crippen molar-refractivity contribution in [1.82, 2.24) is 20.0 Å². The molecule has 38 heavy (non-hydrogen) atoms. The number of carbonyl (C=O) groups excluding carboxylic acids is 1. The Balaban J connectivity index is 1.18. The Labute approximate surface area is 224 Å². The maximum absolute atomic E-state index is 13.8. The first-order chi connectivity index (χ1) is 18.4. The number of amides is 1. The fourth-order valence-corrected chi connectivity index (χ4v) is 8.56. The van der Waals surface area contributed by atoms with Crippen molar-refractivity contribution in [1.29, 1.82) is 0 Å². The molecule has 1 aromatic carbocycles. The van der Waals surface area contributed by atoms with Crippen molar-refractivity contribution in [3.63, 3.8) is 0 Å². The van der Waals surface area contributed by atoms with E-state index in [0.29, 0.717) is 51.2 Å². The van der Waals surface area contributed by atoms with Crippen molar-refractivity contribution >= 4 is 15.9 Å². The summed E-state index contributed by atoms with van der Waals surface area (Å²) >= 11 is 0. The largest absolute Gasteiger partial charge is 0.449 e. The first-order valence-electron chi connectivity index (χ1n) is 14.0. The van der Waals surface area contributed by atoms with E-state index < -0.39 is 15.2 Å². The van der Waals surface area contributed by atoms with Crippen LogP contribution in [0.25, 0.3) is 0 Å². The van der Waals surface area contributed by atoms with Crippen LogP contribution in [0.1, 0.15) is 55.7 Å². The maximum Gasteiger partial charge on any atom is 0.410 e. The molecule has 4 fully saturated rings. The monoisotopic (exact) mass is 542 g/mol. The fraction of sp³-hybridized carbons (Fsp3) is 0.643. The molecule has 0 spiro atoms. The molecule has 2 saturated heterocycles. The Hall–Kier alpha value is -2.43. The molecule has 9 nitrogen and oxygen atoms in total. The molecule has 10 heteroatoms. The van der Waals surface area contributed by atoms with Crippen LogP contribution in [0.15, 0.2) is 41.4 Å². The Morgan fingerprint density at radius 2 is 1.92 bits per heavy atom. The SMILES string of the molecule is Cn1nc(C2CC2)cc1S(=O)(=O)[C@@H]1NC[C@H]2C[C@H](N(Cc3ccccc3)C(=O)OCC3CCOCC3)C[C@@H]21. The number of sulfone groups is 1. The van der Waals surface area contributed by atoms with Crippen LogP contribution < -0.4 is 5.32 Å². The Kier molecular flexibility index (Phi) is 7.22. The molecule has 4 atom stereocenters. The molecular formula is C28H38N4O5S. The summed E-state index contributed by atoms with van der Waals surface area (Å²) in [5.41, 5.74) is 1.92. The highest BCUT2D eigenvalue weighted by atomic mass is 32.2. The number of carbonyl (C=O) groups is 1. The van der Waals surface area contributed by atoms with Crippen molar-refractivity contribution < 1.29 is 22.7 Å². The second-order valence-corrected chi connectivity index (χ2v) is 13.5. The van der Waals surface area contributed by atoms with Crippen LogP contribution in [0.3, 0.4) is 0 Å². The number of benzene rings is 1. The smallest absolute Gasteiger partial charge is 0.410 e. The van der Waals surface area contributed by atoms with E-state index in [1.165, 1.54) is 4.68 Å². The zero-order chi connectivity index (χ0) is 26.3. The standard InChI is InChI=1S/C28H38N4O5S/c1-31-26(15-25(30-31)21-7-8-21)38(34,35)27-24-14-23(13-22(24)16-29-27)32(17-19-5-3-2-4-6-19)28(33)37-18-20-9-11-36-12-10-20/h2-6,15,20-24,27,29H,7-14,16-18H2,1H3/t22-,23+,24+,27+/m1/s1. The Morgan fingerprint density at radius 3 is 2.66 bits per heavy atom. The molecule has 1 amide bonds. The van der Waals surface area contributed by atoms with Gasteiger partial charge in [0.1, 0.15) is 5.37 Å². The van der Waals surface area contributed by atoms with E-state index in [4.69, 9.17) is 9.47 Å². The van der Waals surface area contributed by atoms with Gasteiger partial charge in [-0.2, -0.15) is 5.10 Å². The van der Waals surface area contributed by atoms with Crippen molar-refractivity contribution in [2.24, 2.45) is 24.8 Å². The first kappa shape index (κ1) is 25.8. The van der Waals surface area contributed by atoms with E-state index in [1.54, 1.807) is 13.1 Å². The van der Waals surface area contributed by atoms with Crippen molar-refractivity contribution in [2.75, 3.05) is 26.4 Å². The number of ether oxygens (including phenoxy) is 2. The molecule has 3 heterocycles. The summed E-state index contributed by atoms with van der Waals surface area (Å²) in [5.74, 6) is 0.847. The van der Waals surface area contributed by atoms with Crippen LogP contribution in [0.4, 0.5) is 4.79 Å². The number of fused-ring (bicyclic) bond motifs is 1. The highest BCUT2D eigenvalue weighted by Crippen LogP contribution is 2.45. The van der Waals surface area contributed by atoms with Crippen molar-refractivity contribution in [3.8, 4) is 0 Å². The zero-order valence-corrected chi connectivity index (χ0v) is 22.8. The summed E-state index contributed by atoms with van der Waals surface area (Å²) in [6.07, 6.45) is 5.05. The summed E-state index contributed by atoms with van der Waals surface area (Å²) in [5, 5.41) is 7.43. The summed E-state index contributed by atoms with van der Waals surface area (Å²) in [6, 6.07) is 11.6. The number of aromatic nitrogens is 2. The van der Waals surface area contributed by atoms with Crippen LogP contribution in [0.5, 0.6) is 0 Å². The Bertz CT molecular complexity index is 1240. The molecule has 0 radical (unpaired) electrons. The molecule has 206 valence electrons. The van der Waals surface area contributed by atoms with Crippen LogP contribution in [-0.2, 0) is 32.9 Å². The van der Waals surface area contributed by atoms with Crippen LogP contribution in [-0.4, -0.2) is 67.0 Å². The molecule has 0 bridgehead atoms. The summed E-state index contributed by atoms with van der Waals surface area (Å²) in [7, 11) is -1.90. The lowest BCUT2D eigenvalue weighted by molar-refractivity contribution is 0.0242. The molecule has 1 N–H and O–H groups in total. The highest BCUT2D eigenvalue weighted by Gasteiger charge is 2.51. The molecule has 2 aromatic rings. The molecule has 2 aliphatic heterocycles. The van der Waals surface area contributed by atoms with Gasteiger partial charge in [0, 0.05) is 38.8 Å². The topological polar surface area (TPSA) is 103 Å². The number of rotatable bonds is 8. The van der Waals surface area contributed by atoms with Gasteiger partial charge in [-0.1, -0.05) is 30.3 Å². The number of hydrogen-bond donors (Lipinski definition) is 1. The van der Waals surface area contributed by atoms with Gasteiger partial charge < -0.3 is 19.7 Å². The van der Waals surface area contributed by atoms with E-state index in [0.717, 1.165) is 43.4 Å². The van der Waals surface area contributed by atoms with Crippen LogP contribution in [0.2, 0.25) is 0 Å². The van der Waals surface area contributed by atoms with Gasteiger partial charge in [0.05, 0.1) is 12.3 Å². The minimum absolute atomic E-state index is 0.0640. The third kappa shape index (κ3) is 5.22. The van der Waals surface area contributed by atoms with Crippen LogP contribution in [0, 0.1) is 17.8 Å². The van der Waals surface area contributed by atoms with Gasteiger partial charge in [0.15, 0.2) is 5.03 Å². The molecule has 0 unspecified atom stereocenters. The van der Waals surface area contributed by atoms with Gasteiger partial charge in [-0.15, -0.1) is 0 Å². The predicted molar refractivity (Wildman–Crippen MR) is 141 cm³/mol. The van der Waals surface area contributed by atoms with Crippen molar-refractivity contribution in [2.45, 2.75) is 67.4 Å². The Morgan fingerprint density at radius 1 is 1.16 bits per heavy atom. The second-order valence-electron chi connectivity index (χ2n) is 11.5. The number of aryl methyl sites for hydroxylation is 1. The number of nitrogens with one attached hydrogen (secondary N) is 1. The molecule has 4 aliphatic rings. The average molecular weight is 543 g/mol. The van der Waals surface area contributed by atoms with Gasteiger partial charge in [0.25, 0.3) is 0 Å². The van der Waals surface area contributed by atoms with Crippen LogP contribution >= 0.6 is 0 Å². The maximum atomic E-state index is 13.8. The lowest BCUT2D eigenvalue weighted by atomic mass is 10.0. The third-order valence-electron chi connectivity index (χ3n) is 8.83. The molecule has 1 aromatic heterocycles. The van der Waals surface area contributed by atoms with E-state index in [2.05, 4.69) is 10.4 Å². The molecule has 2 aliphatic carbocycles. The van der Waals surface area contributed by atoms with E-state index in [9.17, 15) is 13.2 Å². The minimum atomic E-state index is -3.62. The quantitative estimate of drug-likeness (QED) is 0.545. The van der Waals surface area contributed by atoms with Gasteiger partial charge >= 0.3 is 6.09 Å². The highest BCUT2D eigenvalue weighted by molar-refractivity contribution is 7.92. The fourth-order valence-electron chi connectivity index (χ4n) is 6.50. The summed E-state index contributed by atoms with van der Waals surface area (Å²) in [4.78, 5) is 15.3. The van der Waals surface area contributed by atoms with E-state index in [-0.39, 0.29) is 29.0 Å². The van der Waals surface area contributed by atoms with Gasteiger partial charge in [-0.25, -0.2) is 13.2 Å². The summed E-state index contributed by atoms with van der Waals surface area (Å²) < 4.78 is 40.4. The molecular weight excluding hydrogens is 504 g/mol. The lowest BCUT2D eigenvalue weighted by Crippen LogP contribution is -2.42. The lowest BCUT2D eigenvalue weighted by Gasteiger charge is -2.31. The minimum Gasteiger partial charge on any atom is -0.449 e. The van der Waals surface area contributed by atoms with Gasteiger partial charge in [-0.05, 0) is 74.5 Å². The van der Waals surface area contributed by atoms with Gasteiger partial charge in [-0.3, -0.25) is 4.68 Å². The normalized spacial score (nSPS) is 27.8. The second kappa shape index (κ2) is 10.6. The molecule has 2 saturated carbocycles. The predicted octanol–water partition coefficient (Wildman–Crippen LogP) is 3.46. The van der Waals surface area contributed by atoms with E-state index in [1.807, 2.05) is 35.2 Å². The number of nitrogens with zero attached hydrogens (tertiary/aromatic N) is 3. The zero-order valence-electron chi connectivity index (χ0n) is 22.0. The van der Waals surface area contributed by atoms with Crippen molar-refractivity contribution in [3.05, 3.63) is 47.7 Å². The number of hydrogen-bond acceptors (Lipinski definition) is 7. The summed E-state index contributed by atoms with van der Waals surface area (Å²) in [6.45, 7) is 2.91. The first-order valence-corrected chi connectivity index (χ1v) is 15.5. The van der Waals surface area contributed by atoms with Gasteiger partial charge in [0.2, 0.25) is 9.84 Å².